The predicted molar refractivity (Wildman–Crippen MR) is 69.0 cm³/mol. The predicted octanol–water partition coefficient (Wildman–Crippen LogP) is 3.14. The summed E-state index contributed by atoms with van der Waals surface area (Å²) in [5.41, 5.74) is 0.125. The number of aliphatic imine (C=N–C) groups is 1. The molecule has 0 amide bonds. The molecule has 0 radical (unpaired) electrons. The van der Waals surface area contributed by atoms with Gasteiger partial charge in [-0.05, 0) is 26.8 Å². The van der Waals surface area contributed by atoms with Gasteiger partial charge in [0, 0.05) is 5.56 Å². The summed E-state index contributed by atoms with van der Waals surface area (Å²) < 4.78 is 10.7. The zero-order valence-electron chi connectivity index (χ0n) is 10.9. The third-order valence-electron chi connectivity index (χ3n) is 2.39. The Morgan fingerprint density at radius 2 is 2.11 bits per heavy atom. The second-order valence-corrected chi connectivity index (χ2v) is 4.37. The molecule has 18 heavy (non-hydrogen) atoms. The normalized spacial score (nSPS) is 10.4. The first-order chi connectivity index (χ1) is 8.47. The van der Waals surface area contributed by atoms with Crippen LogP contribution in [0.3, 0.4) is 0 Å². The molecule has 0 fully saturated rings. The highest BCUT2D eigenvalue weighted by Crippen LogP contribution is 2.32. The van der Waals surface area contributed by atoms with E-state index in [0.29, 0.717) is 11.5 Å². The number of ether oxygens (including phenoxy) is 2. The average molecular weight is 247 g/mol. The molecule has 96 valence electrons. The largest absolute Gasteiger partial charge is 0.463 e. The van der Waals surface area contributed by atoms with Gasteiger partial charge in [0.2, 0.25) is 12.9 Å². The first-order valence-corrected chi connectivity index (χ1v) is 5.57. The van der Waals surface area contributed by atoms with Crippen molar-refractivity contribution in [2.75, 3.05) is 6.79 Å². The fourth-order valence-electron chi connectivity index (χ4n) is 1.47. The van der Waals surface area contributed by atoms with E-state index in [4.69, 9.17) is 9.47 Å². The van der Waals surface area contributed by atoms with Crippen molar-refractivity contribution >= 4 is 6.08 Å². The van der Waals surface area contributed by atoms with Crippen molar-refractivity contribution in [3.05, 3.63) is 42.2 Å². The molecule has 0 aliphatic rings. The lowest BCUT2D eigenvalue weighted by atomic mass is 9.94. The van der Waals surface area contributed by atoms with Gasteiger partial charge in [0.1, 0.15) is 5.75 Å². The molecule has 1 rings (SSSR count). The van der Waals surface area contributed by atoms with Crippen LogP contribution in [0.15, 0.2) is 41.6 Å². The molecular formula is C14H17NO3. The molecule has 0 bridgehead atoms. The number of hydrogen-bond donors (Lipinski definition) is 0. The highest BCUT2D eigenvalue weighted by molar-refractivity contribution is 5.42. The van der Waals surface area contributed by atoms with Gasteiger partial charge in [0.05, 0.1) is 11.3 Å². The molecule has 1 aromatic rings. The van der Waals surface area contributed by atoms with Gasteiger partial charge in [-0.3, -0.25) is 0 Å². The Bertz CT molecular complexity index is 474. The fourth-order valence-corrected chi connectivity index (χ4v) is 1.47. The monoisotopic (exact) mass is 247 g/mol. The van der Waals surface area contributed by atoms with E-state index in [1.165, 1.54) is 0 Å². The second kappa shape index (κ2) is 6.03. The van der Waals surface area contributed by atoms with Crippen molar-refractivity contribution < 1.29 is 14.3 Å². The van der Waals surface area contributed by atoms with Crippen molar-refractivity contribution in [1.29, 1.82) is 0 Å². The summed E-state index contributed by atoms with van der Waals surface area (Å²) in [6.45, 7) is 9.08. The van der Waals surface area contributed by atoms with Gasteiger partial charge in [0.25, 0.3) is 0 Å². The molecule has 0 aliphatic heterocycles. The van der Waals surface area contributed by atoms with Crippen LogP contribution in [0.1, 0.15) is 26.3 Å². The maximum Gasteiger partial charge on any atom is 0.235 e. The third-order valence-corrected chi connectivity index (χ3v) is 2.39. The quantitative estimate of drug-likeness (QED) is 0.336. The van der Waals surface area contributed by atoms with E-state index in [9.17, 15) is 4.79 Å². The van der Waals surface area contributed by atoms with Gasteiger partial charge in [-0.15, -0.1) is 0 Å². The van der Waals surface area contributed by atoms with Crippen LogP contribution in [0.5, 0.6) is 5.75 Å². The van der Waals surface area contributed by atoms with Gasteiger partial charge < -0.3 is 9.47 Å². The molecule has 0 saturated carbocycles. The summed E-state index contributed by atoms with van der Waals surface area (Å²) in [6.07, 6.45) is 1.58. The van der Waals surface area contributed by atoms with Gasteiger partial charge in [-0.25, -0.2) is 4.79 Å². The molecule has 4 heteroatoms. The lowest BCUT2D eigenvalue weighted by Gasteiger charge is -2.21. The first-order valence-electron chi connectivity index (χ1n) is 5.57. The summed E-state index contributed by atoms with van der Waals surface area (Å²) in [7, 11) is 0. The zero-order chi connectivity index (χ0) is 13.6. The van der Waals surface area contributed by atoms with Crippen LogP contribution < -0.4 is 4.74 Å². The van der Waals surface area contributed by atoms with Crippen molar-refractivity contribution in [3.63, 3.8) is 0 Å². The van der Waals surface area contributed by atoms with Crippen molar-refractivity contribution in [2.45, 2.75) is 26.3 Å². The van der Waals surface area contributed by atoms with Crippen LogP contribution >= 0.6 is 0 Å². The number of hydrogen-bond acceptors (Lipinski definition) is 4. The topological polar surface area (TPSA) is 47.9 Å². The van der Waals surface area contributed by atoms with Crippen LogP contribution in [0.2, 0.25) is 0 Å². The fraction of sp³-hybridized carbons (Fsp3) is 0.357. The van der Waals surface area contributed by atoms with Crippen LogP contribution in [0, 0.1) is 0 Å². The summed E-state index contributed by atoms with van der Waals surface area (Å²) in [5, 5.41) is 0. The van der Waals surface area contributed by atoms with E-state index >= 15 is 0 Å². The second-order valence-electron chi connectivity index (χ2n) is 4.37. The zero-order valence-corrected chi connectivity index (χ0v) is 10.9. The molecule has 0 unspecified atom stereocenters. The lowest BCUT2D eigenvalue weighted by Crippen LogP contribution is -2.16. The van der Waals surface area contributed by atoms with Crippen LogP contribution in [-0.2, 0) is 15.1 Å². The Labute approximate surface area is 107 Å². The van der Waals surface area contributed by atoms with E-state index in [2.05, 4.69) is 11.6 Å². The number of nitrogens with zero attached hydrogens (tertiary/aromatic N) is 1. The van der Waals surface area contributed by atoms with Crippen molar-refractivity contribution in [1.82, 2.24) is 0 Å². The molecule has 0 aromatic heterocycles. The smallest absolute Gasteiger partial charge is 0.235 e. The number of allylic oxidation sites excluding steroid dienone is 1. The molecule has 1 aromatic carbocycles. The Morgan fingerprint density at radius 1 is 1.44 bits per heavy atom. The number of rotatable bonds is 6. The molecular weight excluding hydrogens is 230 g/mol. The van der Waals surface area contributed by atoms with Gasteiger partial charge in [-0.1, -0.05) is 24.8 Å². The third kappa shape index (κ3) is 3.75. The summed E-state index contributed by atoms with van der Waals surface area (Å²) in [6, 6.07) is 7.38. The molecule has 0 heterocycles. The molecule has 0 spiro atoms. The van der Waals surface area contributed by atoms with Gasteiger partial charge in [0.15, 0.2) is 0 Å². The van der Waals surface area contributed by atoms with Crippen molar-refractivity contribution in [2.24, 2.45) is 4.99 Å². The maximum atomic E-state index is 10.4. The summed E-state index contributed by atoms with van der Waals surface area (Å²) >= 11 is 0. The maximum absolute atomic E-state index is 10.4. The van der Waals surface area contributed by atoms with Gasteiger partial charge in [-0.2, -0.15) is 4.99 Å². The Hall–Kier alpha value is -2.06. The minimum Gasteiger partial charge on any atom is -0.463 e. The van der Waals surface area contributed by atoms with E-state index in [-0.39, 0.29) is 6.79 Å². The molecule has 0 aliphatic carbocycles. The Morgan fingerprint density at radius 3 is 2.72 bits per heavy atom. The minimum atomic E-state index is -0.679. The Balaban J connectivity index is 2.92. The molecule has 0 atom stereocenters. The number of benzene rings is 1. The number of isocyanates is 1. The van der Waals surface area contributed by atoms with E-state index in [0.717, 1.165) is 5.56 Å². The van der Waals surface area contributed by atoms with Crippen LogP contribution in [0.4, 0.5) is 0 Å². The number of para-hydroxylation sites is 1. The molecule has 0 saturated heterocycles. The summed E-state index contributed by atoms with van der Waals surface area (Å²) in [4.78, 5) is 14.2. The van der Waals surface area contributed by atoms with E-state index in [1.54, 1.807) is 19.1 Å². The standard InChI is InChI=1S/C14H17NO3/c1-11(2)17-10-18-13-8-6-5-7-12(13)14(3,4)15-9-16/h5-8H,1,10H2,2-4H3. The molecule has 0 N–H and O–H groups in total. The molecule has 4 nitrogen and oxygen atoms in total. The lowest BCUT2D eigenvalue weighted by molar-refractivity contribution is 0.0612. The Kier molecular flexibility index (Phi) is 4.69. The number of carbonyl (C=O) groups excluding carboxylic acids is 1. The minimum absolute atomic E-state index is 0.0766. The van der Waals surface area contributed by atoms with Crippen LogP contribution in [0.25, 0.3) is 0 Å². The first kappa shape index (κ1) is 14.0. The van der Waals surface area contributed by atoms with E-state index in [1.807, 2.05) is 32.0 Å². The average Bonchev–Trinajstić information content (AvgIpc) is 2.29. The van der Waals surface area contributed by atoms with Gasteiger partial charge >= 0.3 is 0 Å². The van der Waals surface area contributed by atoms with Crippen LogP contribution in [-0.4, -0.2) is 12.9 Å². The summed E-state index contributed by atoms with van der Waals surface area (Å²) in [5.74, 6) is 1.21. The highest BCUT2D eigenvalue weighted by atomic mass is 16.7. The highest BCUT2D eigenvalue weighted by Gasteiger charge is 2.23. The SMILES string of the molecule is C=C(C)OCOc1ccccc1C(C)(C)N=C=O. The van der Waals surface area contributed by atoms with Crippen molar-refractivity contribution in [3.8, 4) is 5.75 Å². The van der Waals surface area contributed by atoms with E-state index < -0.39 is 5.54 Å².